The van der Waals surface area contributed by atoms with Gasteiger partial charge in [-0.15, -0.1) is 0 Å². The van der Waals surface area contributed by atoms with Crippen molar-refractivity contribution in [3.63, 3.8) is 0 Å². The number of rotatable bonds is 4. The second-order valence-electron chi connectivity index (χ2n) is 6.14. The Morgan fingerprint density at radius 2 is 1.73 bits per heavy atom. The number of hydrogen-bond donors (Lipinski definition) is 0. The number of methoxy groups -OCH3 is 3. The van der Waals surface area contributed by atoms with E-state index in [1.165, 1.54) is 0 Å². The van der Waals surface area contributed by atoms with Gasteiger partial charge in [-0.3, -0.25) is 0 Å². The van der Waals surface area contributed by atoms with Crippen LogP contribution in [0.5, 0.6) is 23.0 Å². The van der Waals surface area contributed by atoms with Crippen molar-refractivity contribution in [2.75, 3.05) is 34.5 Å². The zero-order valence-corrected chi connectivity index (χ0v) is 15.0. The van der Waals surface area contributed by atoms with Gasteiger partial charge in [-0.1, -0.05) is 12.1 Å². The van der Waals surface area contributed by atoms with Crippen molar-refractivity contribution in [2.24, 2.45) is 0 Å². The zero-order valence-electron chi connectivity index (χ0n) is 15.0. The molecule has 0 aromatic heterocycles. The van der Waals surface area contributed by atoms with E-state index in [4.69, 9.17) is 28.4 Å². The van der Waals surface area contributed by atoms with Crippen LogP contribution in [0, 0.1) is 6.07 Å². The van der Waals surface area contributed by atoms with Crippen molar-refractivity contribution in [1.29, 1.82) is 0 Å². The molecule has 0 amide bonds. The first-order valence-electron chi connectivity index (χ1n) is 8.46. The van der Waals surface area contributed by atoms with Crippen molar-refractivity contribution in [2.45, 2.75) is 18.3 Å². The average Bonchev–Trinajstić information content (AvgIpc) is 3.15. The molecule has 1 atom stereocenters. The van der Waals surface area contributed by atoms with E-state index in [0.717, 1.165) is 16.9 Å². The third-order valence-electron chi connectivity index (χ3n) is 4.75. The first kappa shape index (κ1) is 17.0. The van der Waals surface area contributed by atoms with E-state index >= 15 is 0 Å². The Balaban J connectivity index is 1.79. The molecular weight excluding hydrogens is 336 g/mol. The highest BCUT2D eigenvalue weighted by Crippen LogP contribution is 2.53. The van der Waals surface area contributed by atoms with E-state index in [9.17, 15) is 0 Å². The van der Waals surface area contributed by atoms with Gasteiger partial charge in [0.25, 0.3) is 0 Å². The minimum absolute atomic E-state index is 0.250. The topological polar surface area (TPSA) is 55.4 Å². The molecule has 1 radical (unpaired) electrons. The van der Waals surface area contributed by atoms with Gasteiger partial charge in [0.1, 0.15) is 29.1 Å². The smallest absolute Gasteiger partial charge is 0.206 e. The maximum Gasteiger partial charge on any atom is 0.206 e. The number of hydrogen-bond acceptors (Lipinski definition) is 6. The summed E-state index contributed by atoms with van der Waals surface area (Å²) in [6, 6.07) is 12.7. The van der Waals surface area contributed by atoms with Crippen molar-refractivity contribution in [1.82, 2.24) is 0 Å². The fraction of sp³-hybridized carbons (Fsp3) is 0.400. The normalized spacial score (nSPS) is 20.3. The minimum Gasteiger partial charge on any atom is -0.497 e. The molecule has 26 heavy (non-hydrogen) atoms. The van der Waals surface area contributed by atoms with E-state index in [0.29, 0.717) is 36.9 Å². The molecule has 0 N–H and O–H groups in total. The fourth-order valence-corrected chi connectivity index (χ4v) is 3.49. The minimum atomic E-state index is -0.910. The summed E-state index contributed by atoms with van der Waals surface area (Å²) in [4.78, 5) is 0. The lowest BCUT2D eigenvalue weighted by molar-refractivity contribution is -0.196. The first-order valence-corrected chi connectivity index (χ1v) is 8.46. The van der Waals surface area contributed by atoms with Gasteiger partial charge < -0.3 is 28.4 Å². The molecule has 1 spiro atoms. The maximum atomic E-state index is 6.25. The SMILES string of the molecule is COc1[c]c2c(c(OC)c1)C1(CC(c3ccc(OC)cc3)O2)OCCO1. The van der Waals surface area contributed by atoms with Gasteiger partial charge in [-0.25, -0.2) is 0 Å². The van der Waals surface area contributed by atoms with Gasteiger partial charge in [0.05, 0.1) is 46.2 Å². The van der Waals surface area contributed by atoms with Crippen LogP contribution in [0.3, 0.4) is 0 Å². The maximum absolute atomic E-state index is 6.25. The summed E-state index contributed by atoms with van der Waals surface area (Å²) in [7, 11) is 4.83. The lowest BCUT2D eigenvalue weighted by Gasteiger charge is -2.39. The largest absolute Gasteiger partial charge is 0.497 e. The average molecular weight is 357 g/mol. The van der Waals surface area contributed by atoms with Crippen molar-refractivity contribution >= 4 is 0 Å². The predicted molar refractivity (Wildman–Crippen MR) is 92.9 cm³/mol. The molecule has 2 aliphatic rings. The third kappa shape index (κ3) is 2.75. The number of benzene rings is 2. The molecule has 2 aromatic rings. The molecule has 6 nitrogen and oxygen atoms in total. The van der Waals surface area contributed by atoms with E-state index in [2.05, 4.69) is 6.07 Å². The standard InChI is InChI=1S/C20H21O6/c1-21-14-6-4-13(5-7-14)18-12-20(24-8-9-25-20)19-16(23-3)10-15(22-2)11-17(19)26-18/h4-7,10,18H,8-9,12H2,1-3H3. The summed E-state index contributed by atoms with van der Waals surface area (Å²) < 4.78 is 34.5. The molecule has 1 unspecified atom stereocenters. The summed E-state index contributed by atoms with van der Waals surface area (Å²) in [5, 5.41) is 0. The van der Waals surface area contributed by atoms with E-state index in [1.54, 1.807) is 27.4 Å². The Hall–Kier alpha value is -2.44. The summed E-state index contributed by atoms with van der Waals surface area (Å²) in [5.41, 5.74) is 1.73. The van der Waals surface area contributed by atoms with Crippen LogP contribution in [0.2, 0.25) is 0 Å². The zero-order chi connectivity index (χ0) is 18.1. The van der Waals surface area contributed by atoms with Gasteiger partial charge in [0, 0.05) is 12.5 Å². The van der Waals surface area contributed by atoms with Crippen molar-refractivity contribution < 1.29 is 28.4 Å². The molecule has 0 bridgehead atoms. The molecular formula is C20H21O6. The van der Waals surface area contributed by atoms with Crippen LogP contribution in [0.1, 0.15) is 23.7 Å². The predicted octanol–water partition coefficient (Wildman–Crippen LogP) is 3.24. The molecule has 137 valence electrons. The molecule has 2 aliphatic heterocycles. The van der Waals surface area contributed by atoms with Crippen LogP contribution < -0.4 is 18.9 Å². The highest BCUT2D eigenvalue weighted by atomic mass is 16.7. The van der Waals surface area contributed by atoms with E-state index < -0.39 is 5.79 Å². The van der Waals surface area contributed by atoms with Gasteiger partial charge >= 0.3 is 0 Å². The number of fused-ring (bicyclic) bond motifs is 2. The van der Waals surface area contributed by atoms with Gasteiger partial charge in [0.15, 0.2) is 0 Å². The molecule has 6 heteroatoms. The highest BCUT2D eigenvalue weighted by molar-refractivity contribution is 5.54. The van der Waals surface area contributed by atoms with Crippen LogP contribution in [0.4, 0.5) is 0 Å². The van der Waals surface area contributed by atoms with Gasteiger partial charge in [-0.05, 0) is 17.7 Å². The Bertz CT molecular complexity index is 780. The lowest BCUT2D eigenvalue weighted by atomic mass is 9.90. The second-order valence-corrected chi connectivity index (χ2v) is 6.14. The molecule has 0 aliphatic carbocycles. The fourth-order valence-electron chi connectivity index (χ4n) is 3.49. The Kier molecular flexibility index (Phi) is 4.38. The van der Waals surface area contributed by atoms with Crippen LogP contribution in [-0.4, -0.2) is 34.5 Å². The summed E-state index contributed by atoms with van der Waals surface area (Å²) in [5.74, 6) is 1.54. The van der Waals surface area contributed by atoms with Crippen LogP contribution in [0.25, 0.3) is 0 Å². The van der Waals surface area contributed by atoms with Gasteiger partial charge in [0.2, 0.25) is 5.79 Å². The number of ether oxygens (including phenoxy) is 6. The lowest BCUT2D eigenvalue weighted by Crippen LogP contribution is -2.36. The summed E-state index contributed by atoms with van der Waals surface area (Å²) >= 11 is 0. The Morgan fingerprint density at radius 3 is 2.35 bits per heavy atom. The molecule has 2 heterocycles. The van der Waals surface area contributed by atoms with Gasteiger partial charge in [-0.2, -0.15) is 0 Å². The Morgan fingerprint density at radius 1 is 1.00 bits per heavy atom. The summed E-state index contributed by atoms with van der Waals surface area (Å²) in [6.07, 6.45) is 0.266. The molecule has 1 saturated heterocycles. The van der Waals surface area contributed by atoms with E-state index in [-0.39, 0.29) is 6.10 Å². The molecule has 1 fully saturated rings. The third-order valence-corrected chi connectivity index (χ3v) is 4.75. The first-order chi connectivity index (χ1) is 12.7. The van der Waals surface area contributed by atoms with Crippen molar-refractivity contribution in [3.8, 4) is 23.0 Å². The molecule has 2 aromatic carbocycles. The van der Waals surface area contributed by atoms with Crippen LogP contribution in [0.15, 0.2) is 30.3 Å². The van der Waals surface area contributed by atoms with E-state index in [1.807, 2.05) is 24.3 Å². The summed E-state index contributed by atoms with van der Waals surface area (Å²) in [6.45, 7) is 1.04. The monoisotopic (exact) mass is 357 g/mol. The quantitative estimate of drug-likeness (QED) is 0.837. The second kappa shape index (κ2) is 6.70. The highest BCUT2D eigenvalue weighted by Gasteiger charge is 2.49. The van der Waals surface area contributed by atoms with Crippen molar-refractivity contribution in [3.05, 3.63) is 47.5 Å². The van der Waals surface area contributed by atoms with Crippen LogP contribution >= 0.6 is 0 Å². The molecule has 0 saturated carbocycles. The Labute approximate surface area is 152 Å². The van der Waals surface area contributed by atoms with Crippen LogP contribution in [-0.2, 0) is 15.3 Å². The molecule has 4 rings (SSSR count).